The average Bonchev–Trinajstić information content (AvgIpc) is 2.50. The van der Waals surface area contributed by atoms with Crippen molar-refractivity contribution in [2.75, 3.05) is 5.32 Å². The lowest BCUT2D eigenvalue weighted by Gasteiger charge is -2.13. The SMILES string of the molecule is CC(C)C[C@H](N)C(=O)Nc1ccnn1C. The molecular formula is C10H18N4O. The molecular weight excluding hydrogens is 192 g/mol. The molecule has 5 heteroatoms. The van der Waals surface area contributed by atoms with E-state index in [1.54, 1.807) is 24.0 Å². The molecule has 1 rings (SSSR count). The Kier molecular flexibility index (Phi) is 3.85. The summed E-state index contributed by atoms with van der Waals surface area (Å²) in [5, 5.41) is 6.68. The van der Waals surface area contributed by atoms with Gasteiger partial charge in [0.05, 0.1) is 12.2 Å². The highest BCUT2D eigenvalue weighted by molar-refractivity contribution is 5.93. The van der Waals surface area contributed by atoms with Crippen LogP contribution in [0.1, 0.15) is 20.3 Å². The number of amides is 1. The van der Waals surface area contributed by atoms with E-state index in [9.17, 15) is 4.79 Å². The second-order valence-corrected chi connectivity index (χ2v) is 4.07. The van der Waals surface area contributed by atoms with Crippen LogP contribution in [0.5, 0.6) is 0 Å². The lowest BCUT2D eigenvalue weighted by Crippen LogP contribution is -2.37. The number of carbonyl (C=O) groups is 1. The number of hydrogen-bond acceptors (Lipinski definition) is 3. The van der Waals surface area contributed by atoms with E-state index in [-0.39, 0.29) is 5.91 Å². The van der Waals surface area contributed by atoms with Crippen molar-refractivity contribution >= 4 is 11.7 Å². The monoisotopic (exact) mass is 210 g/mol. The summed E-state index contributed by atoms with van der Waals surface area (Å²) in [4.78, 5) is 11.6. The minimum atomic E-state index is -0.458. The van der Waals surface area contributed by atoms with Crippen molar-refractivity contribution in [3.8, 4) is 0 Å². The number of nitrogens with zero attached hydrogens (tertiary/aromatic N) is 2. The van der Waals surface area contributed by atoms with E-state index in [4.69, 9.17) is 5.73 Å². The normalized spacial score (nSPS) is 12.9. The van der Waals surface area contributed by atoms with E-state index < -0.39 is 6.04 Å². The Labute approximate surface area is 89.6 Å². The zero-order valence-corrected chi connectivity index (χ0v) is 9.40. The number of aryl methyl sites for hydroxylation is 1. The molecule has 0 aromatic carbocycles. The van der Waals surface area contributed by atoms with Crippen molar-refractivity contribution in [1.82, 2.24) is 9.78 Å². The van der Waals surface area contributed by atoms with Crippen LogP contribution in [0, 0.1) is 5.92 Å². The third-order valence-corrected chi connectivity index (χ3v) is 2.13. The molecule has 15 heavy (non-hydrogen) atoms. The zero-order valence-electron chi connectivity index (χ0n) is 9.40. The van der Waals surface area contributed by atoms with E-state index in [2.05, 4.69) is 10.4 Å². The maximum atomic E-state index is 11.6. The predicted octanol–water partition coefficient (Wildman–Crippen LogP) is 0.732. The van der Waals surface area contributed by atoms with E-state index in [0.29, 0.717) is 18.2 Å². The molecule has 0 spiro atoms. The van der Waals surface area contributed by atoms with Gasteiger partial charge in [-0.15, -0.1) is 0 Å². The minimum Gasteiger partial charge on any atom is -0.320 e. The molecule has 1 heterocycles. The first-order chi connectivity index (χ1) is 7.00. The highest BCUT2D eigenvalue weighted by Crippen LogP contribution is 2.07. The van der Waals surface area contributed by atoms with Crippen molar-refractivity contribution in [1.29, 1.82) is 0 Å². The number of nitrogens with two attached hydrogens (primary N) is 1. The maximum absolute atomic E-state index is 11.6. The number of carbonyl (C=O) groups excluding carboxylic acids is 1. The van der Waals surface area contributed by atoms with Gasteiger partial charge >= 0.3 is 0 Å². The van der Waals surface area contributed by atoms with Crippen LogP contribution in [0.2, 0.25) is 0 Å². The van der Waals surface area contributed by atoms with Crippen molar-refractivity contribution < 1.29 is 4.79 Å². The van der Waals surface area contributed by atoms with Crippen LogP contribution in [0.4, 0.5) is 5.82 Å². The van der Waals surface area contributed by atoms with E-state index in [1.165, 1.54) is 0 Å². The smallest absolute Gasteiger partial charge is 0.242 e. The molecule has 1 amide bonds. The summed E-state index contributed by atoms with van der Waals surface area (Å²) in [5.41, 5.74) is 5.74. The predicted molar refractivity (Wildman–Crippen MR) is 59.3 cm³/mol. The molecule has 0 aliphatic carbocycles. The van der Waals surface area contributed by atoms with Gasteiger partial charge < -0.3 is 11.1 Å². The van der Waals surface area contributed by atoms with Gasteiger partial charge in [0.1, 0.15) is 5.82 Å². The summed E-state index contributed by atoms with van der Waals surface area (Å²) < 4.78 is 1.60. The second kappa shape index (κ2) is 4.93. The van der Waals surface area contributed by atoms with Crippen LogP contribution >= 0.6 is 0 Å². The highest BCUT2D eigenvalue weighted by Gasteiger charge is 2.15. The first kappa shape index (κ1) is 11.7. The molecule has 3 N–H and O–H groups in total. The lowest BCUT2D eigenvalue weighted by atomic mass is 10.0. The molecule has 0 radical (unpaired) electrons. The fourth-order valence-electron chi connectivity index (χ4n) is 1.33. The van der Waals surface area contributed by atoms with Gasteiger partial charge in [0, 0.05) is 13.1 Å². The number of anilines is 1. The quantitative estimate of drug-likeness (QED) is 0.769. The molecule has 1 atom stereocenters. The number of nitrogens with one attached hydrogen (secondary N) is 1. The first-order valence-electron chi connectivity index (χ1n) is 5.05. The lowest BCUT2D eigenvalue weighted by molar-refractivity contribution is -0.117. The fraction of sp³-hybridized carbons (Fsp3) is 0.600. The summed E-state index contributed by atoms with van der Waals surface area (Å²) in [5.74, 6) is 0.920. The molecule has 84 valence electrons. The van der Waals surface area contributed by atoms with Crippen LogP contribution in [0.25, 0.3) is 0 Å². The number of hydrogen-bond donors (Lipinski definition) is 2. The molecule has 0 aliphatic heterocycles. The van der Waals surface area contributed by atoms with Crippen molar-refractivity contribution in [3.05, 3.63) is 12.3 Å². The summed E-state index contributed by atoms with van der Waals surface area (Å²) >= 11 is 0. The van der Waals surface area contributed by atoms with Gasteiger partial charge in [-0.1, -0.05) is 13.8 Å². The second-order valence-electron chi connectivity index (χ2n) is 4.07. The van der Waals surface area contributed by atoms with E-state index >= 15 is 0 Å². The molecule has 1 aromatic rings. The Morgan fingerprint density at radius 1 is 1.67 bits per heavy atom. The molecule has 0 saturated heterocycles. The van der Waals surface area contributed by atoms with Gasteiger partial charge in [-0.05, 0) is 12.3 Å². The molecule has 0 unspecified atom stereocenters. The van der Waals surface area contributed by atoms with Gasteiger partial charge in [0.25, 0.3) is 0 Å². The van der Waals surface area contributed by atoms with E-state index in [1.807, 2.05) is 13.8 Å². The van der Waals surface area contributed by atoms with Gasteiger partial charge in [-0.3, -0.25) is 9.48 Å². The summed E-state index contributed by atoms with van der Waals surface area (Å²) in [6, 6.07) is 1.28. The van der Waals surface area contributed by atoms with E-state index in [0.717, 1.165) is 0 Å². The van der Waals surface area contributed by atoms with Crippen LogP contribution in [0.15, 0.2) is 12.3 Å². The van der Waals surface area contributed by atoms with Crippen molar-refractivity contribution in [3.63, 3.8) is 0 Å². The van der Waals surface area contributed by atoms with Gasteiger partial charge in [-0.2, -0.15) is 5.10 Å². The Bertz CT molecular complexity index is 332. The Morgan fingerprint density at radius 3 is 2.80 bits per heavy atom. The van der Waals surface area contributed by atoms with Gasteiger partial charge in [0.15, 0.2) is 0 Å². The third-order valence-electron chi connectivity index (χ3n) is 2.13. The van der Waals surface area contributed by atoms with Crippen LogP contribution in [0.3, 0.4) is 0 Å². The molecule has 0 fully saturated rings. The maximum Gasteiger partial charge on any atom is 0.242 e. The zero-order chi connectivity index (χ0) is 11.4. The molecule has 0 saturated carbocycles. The Balaban J connectivity index is 2.52. The molecule has 1 aromatic heterocycles. The fourth-order valence-corrected chi connectivity index (χ4v) is 1.33. The van der Waals surface area contributed by atoms with Gasteiger partial charge in [0.2, 0.25) is 5.91 Å². The topological polar surface area (TPSA) is 72.9 Å². The van der Waals surface area contributed by atoms with Gasteiger partial charge in [-0.25, -0.2) is 0 Å². The Hall–Kier alpha value is -1.36. The number of rotatable bonds is 4. The Morgan fingerprint density at radius 2 is 2.33 bits per heavy atom. The summed E-state index contributed by atoms with van der Waals surface area (Å²) in [7, 11) is 1.77. The van der Waals surface area contributed by atoms with Crippen LogP contribution in [-0.4, -0.2) is 21.7 Å². The largest absolute Gasteiger partial charge is 0.320 e. The molecule has 0 aliphatic rings. The standard InChI is InChI=1S/C10H18N4O/c1-7(2)6-8(11)10(15)13-9-4-5-12-14(9)3/h4-5,7-8H,6,11H2,1-3H3,(H,13,15)/t8-/m0/s1. The highest BCUT2D eigenvalue weighted by atomic mass is 16.2. The average molecular weight is 210 g/mol. The first-order valence-corrected chi connectivity index (χ1v) is 5.05. The van der Waals surface area contributed by atoms with Crippen molar-refractivity contribution in [2.24, 2.45) is 18.7 Å². The minimum absolute atomic E-state index is 0.160. The van der Waals surface area contributed by atoms with Crippen molar-refractivity contribution in [2.45, 2.75) is 26.3 Å². The third kappa shape index (κ3) is 3.36. The molecule has 0 bridgehead atoms. The molecule has 5 nitrogen and oxygen atoms in total. The number of aromatic nitrogens is 2. The van der Waals surface area contributed by atoms with Crippen LogP contribution in [-0.2, 0) is 11.8 Å². The van der Waals surface area contributed by atoms with Crippen LogP contribution < -0.4 is 11.1 Å². The summed E-state index contributed by atoms with van der Waals surface area (Å²) in [6.07, 6.45) is 2.31. The summed E-state index contributed by atoms with van der Waals surface area (Å²) in [6.45, 7) is 4.08.